The highest BCUT2D eigenvalue weighted by Gasteiger charge is 2.17. The van der Waals surface area contributed by atoms with Gasteiger partial charge in [-0.1, -0.05) is 29.5 Å². The predicted molar refractivity (Wildman–Crippen MR) is 103 cm³/mol. The Balaban J connectivity index is 2.04. The van der Waals surface area contributed by atoms with E-state index >= 15 is 0 Å². The topological polar surface area (TPSA) is 69.0 Å². The van der Waals surface area contributed by atoms with Gasteiger partial charge in [-0.15, -0.1) is 10.2 Å². The number of carbonyl (C=O) groups excluding carboxylic acids is 1. The number of benzene rings is 2. The van der Waals surface area contributed by atoms with Gasteiger partial charge in [0.1, 0.15) is 5.75 Å². The quantitative estimate of drug-likeness (QED) is 0.677. The number of carbonyl (C=O) groups is 1. The van der Waals surface area contributed by atoms with Crippen LogP contribution in [0.5, 0.6) is 5.75 Å². The number of hydrogen-bond acceptors (Lipinski definition) is 5. The fourth-order valence-electron chi connectivity index (χ4n) is 2.42. The van der Waals surface area contributed by atoms with E-state index in [9.17, 15) is 4.79 Å². The monoisotopic (exact) mass is 368 g/mol. The molecule has 0 unspecified atom stereocenters. The first-order valence-electron chi connectivity index (χ1n) is 8.12. The minimum absolute atomic E-state index is 0.0561. The molecule has 0 aliphatic heterocycles. The van der Waals surface area contributed by atoms with Gasteiger partial charge in [-0.05, 0) is 43.3 Å². The van der Waals surface area contributed by atoms with Gasteiger partial charge in [-0.3, -0.25) is 9.36 Å². The Morgan fingerprint density at radius 1 is 1.12 bits per heavy atom. The number of thioether (sulfide) groups is 1. The van der Waals surface area contributed by atoms with Gasteiger partial charge in [-0.2, -0.15) is 0 Å². The van der Waals surface area contributed by atoms with Crippen molar-refractivity contribution >= 4 is 17.7 Å². The molecule has 6 nitrogen and oxygen atoms in total. The highest BCUT2D eigenvalue weighted by Crippen LogP contribution is 2.29. The predicted octanol–water partition coefficient (Wildman–Crippen LogP) is 3.09. The normalized spacial score (nSPS) is 10.6. The Kier molecular flexibility index (Phi) is 5.58. The van der Waals surface area contributed by atoms with Crippen molar-refractivity contribution in [2.75, 3.05) is 19.9 Å². The lowest BCUT2D eigenvalue weighted by Gasteiger charge is -2.11. The van der Waals surface area contributed by atoms with E-state index in [1.54, 1.807) is 14.2 Å². The molecule has 0 aliphatic rings. The van der Waals surface area contributed by atoms with Crippen molar-refractivity contribution in [3.05, 3.63) is 54.1 Å². The molecule has 0 bridgehead atoms. The third kappa shape index (κ3) is 3.88. The summed E-state index contributed by atoms with van der Waals surface area (Å²) in [6.45, 7) is 2.04. The molecule has 1 N–H and O–H groups in total. The number of nitrogens with one attached hydrogen (secondary N) is 1. The number of hydrogen-bond donors (Lipinski definition) is 1. The largest absolute Gasteiger partial charge is 0.497 e. The van der Waals surface area contributed by atoms with Crippen molar-refractivity contribution < 1.29 is 9.53 Å². The van der Waals surface area contributed by atoms with Crippen molar-refractivity contribution in [1.29, 1.82) is 0 Å². The van der Waals surface area contributed by atoms with E-state index in [0.29, 0.717) is 5.16 Å². The molecule has 1 amide bonds. The summed E-state index contributed by atoms with van der Waals surface area (Å²) in [7, 11) is 3.26. The van der Waals surface area contributed by atoms with Gasteiger partial charge >= 0.3 is 0 Å². The highest BCUT2D eigenvalue weighted by molar-refractivity contribution is 7.99. The maximum atomic E-state index is 11.6. The van der Waals surface area contributed by atoms with Crippen LogP contribution < -0.4 is 10.1 Å². The van der Waals surface area contributed by atoms with Crippen molar-refractivity contribution in [3.63, 3.8) is 0 Å². The van der Waals surface area contributed by atoms with E-state index in [1.165, 1.54) is 17.3 Å². The van der Waals surface area contributed by atoms with E-state index < -0.39 is 0 Å². The molecule has 0 spiro atoms. The molecular formula is C19H20N4O2S. The Morgan fingerprint density at radius 2 is 1.81 bits per heavy atom. The van der Waals surface area contributed by atoms with Crippen molar-refractivity contribution in [2.45, 2.75) is 12.1 Å². The van der Waals surface area contributed by atoms with E-state index in [1.807, 2.05) is 60.0 Å². The zero-order valence-corrected chi connectivity index (χ0v) is 15.7. The molecule has 3 aromatic rings. The minimum atomic E-state index is -0.0561. The lowest BCUT2D eigenvalue weighted by atomic mass is 10.2. The van der Waals surface area contributed by atoms with E-state index in [2.05, 4.69) is 15.5 Å². The van der Waals surface area contributed by atoms with Gasteiger partial charge in [0, 0.05) is 18.3 Å². The summed E-state index contributed by atoms with van der Waals surface area (Å²) in [5, 5.41) is 12.0. The molecule has 1 aromatic heterocycles. The number of amides is 1. The summed E-state index contributed by atoms with van der Waals surface area (Å²) in [5.41, 5.74) is 3.05. The van der Waals surface area contributed by atoms with Gasteiger partial charge in [0.25, 0.3) is 0 Å². The van der Waals surface area contributed by atoms with Gasteiger partial charge in [0.15, 0.2) is 11.0 Å². The molecule has 0 radical (unpaired) electrons. The minimum Gasteiger partial charge on any atom is -0.497 e. The maximum absolute atomic E-state index is 11.6. The van der Waals surface area contributed by atoms with Gasteiger partial charge in [0.05, 0.1) is 12.9 Å². The number of nitrogens with zero attached hydrogens (tertiary/aromatic N) is 3. The number of aryl methyl sites for hydroxylation is 1. The van der Waals surface area contributed by atoms with E-state index in [0.717, 1.165) is 22.8 Å². The molecule has 0 atom stereocenters. The fourth-order valence-corrected chi connectivity index (χ4v) is 3.24. The molecule has 0 aliphatic carbocycles. The first-order valence-corrected chi connectivity index (χ1v) is 9.11. The second kappa shape index (κ2) is 8.05. The van der Waals surface area contributed by atoms with E-state index in [-0.39, 0.29) is 11.7 Å². The van der Waals surface area contributed by atoms with Crippen LogP contribution in [-0.4, -0.2) is 40.6 Å². The molecule has 0 saturated heterocycles. The third-order valence-electron chi connectivity index (χ3n) is 3.88. The van der Waals surface area contributed by atoms with Crippen LogP contribution in [0, 0.1) is 6.92 Å². The molecule has 134 valence electrons. The Hall–Kier alpha value is -2.80. The standard InChI is InChI=1S/C19H20N4O2S/c1-13-4-8-15(9-5-13)23-18(14-6-10-16(25-3)11-7-14)21-22-19(23)26-12-17(24)20-2/h4-11H,12H2,1-3H3,(H,20,24). The van der Waals surface area contributed by atoms with Gasteiger partial charge < -0.3 is 10.1 Å². The highest BCUT2D eigenvalue weighted by atomic mass is 32.2. The average Bonchev–Trinajstić information content (AvgIpc) is 3.10. The average molecular weight is 368 g/mol. The van der Waals surface area contributed by atoms with Gasteiger partial charge in [0.2, 0.25) is 5.91 Å². The third-order valence-corrected chi connectivity index (χ3v) is 4.81. The second-order valence-corrected chi connectivity index (χ2v) is 6.61. The molecular weight excluding hydrogens is 348 g/mol. The second-order valence-electron chi connectivity index (χ2n) is 5.67. The van der Waals surface area contributed by atoms with Crippen LogP contribution in [0.1, 0.15) is 5.56 Å². The molecule has 2 aromatic carbocycles. The molecule has 3 rings (SSSR count). The molecule has 26 heavy (non-hydrogen) atoms. The Bertz CT molecular complexity index is 889. The van der Waals surface area contributed by atoms with Crippen LogP contribution in [0.15, 0.2) is 53.7 Å². The van der Waals surface area contributed by atoms with Crippen molar-refractivity contribution in [3.8, 4) is 22.8 Å². The maximum Gasteiger partial charge on any atom is 0.230 e. The smallest absolute Gasteiger partial charge is 0.230 e. The van der Waals surface area contributed by atoms with Crippen molar-refractivity contribution in [2.24, 2.45) is 0 Å². The van der Waals surface area contributed by atoms with Gasteiger partial charge in [-0.25, -0.2) is 0 Å². The summed E-state index contributed by atoms with van der Waals surface area (Å²) < 4.78 is 7.19. The zero-order valence-electron chi connectivity index (χ0n) is 14.9. The molecule has 0 fully saturated rings. The fraction of sp³-hybridized carbons (Fsp3) is 0.211. The summed E-state index contributed by atoms with van der Waals surface area (Å²) in [6, 6.07) is 15.8. The van der Waals surface area contributed by atoms with E-state index in [4.69, 9.17) is 4.74 Å². The van der Waals surface area contributed by atoms with Crippen molar-refractivity contribution in [1.82, 2.24) is 20.1 Å². The lowest BCUT2D eigenvalue weighted by molar-refractivity contribution is -0.118. The molecule has 0 saturated carbocycles. The first kappa shape index (κ1) is 18.0. The Morgan fingerprint density at radius 3 is 2.42 bits per heavy atom. The Labute approximate surface area is 156 Å². The number of ether oxygens (including phenoxy) is 1. The van der Waals surface area contributed by atoms with Crippen LogP contribution in [-0.2, 0) is 4.79 Å². The number of methoxy groups -OCH3 is 1. The zero-order chi connectivity index (χ0) is 18.5. The summed E-state index contributed by atoms with van der Waals surface area (Å²) >= 11 is 1.35. The number of aromatic nitrogens is 3. The van der Waals surface area contributed by atoms with Crippen LogP contribution in [0.25, 0.3) is 17.1 Å². The van der Waals surface area contributed by atoms with Crippen LogP contribution >= 0.6 is 11.8 Å². The summed E-state index contributed by atoms with van der Waals surface area (Å²) in [4.78, 5) is 11.6. The lowest BCUT2D eigenvalue weighted by Crippen LogP contribution is -2.20. The SMILES string of the molecule is CNC(=O)CSc1nnc(-c2ccc(OC)cc2)n1-c1ccc(C)cc1. The first-order chi connectivity index (χ1) is 12.6. The van der Waals surface area contributed by atoms with Crippen LogP contribution in [0.2, 0.25) is 0 Å². The number of rotatable bonds is 6. The molecule has 1 heterocycles. The summed E-state index contributed by atoms with van der Waals surface area (Å²) in [6.07, 6.45) is 0. The molecule has 7 heteroatoms. The summed E-state index contributed by atoms with van der Waals surface area (Å²) in [5.74, 6) is 1.73. The van der Waals surface area contributed by atoms with Crippen LogP contribution in [0.3, 0.4) is 0 Å². The van der Waals surface area contributed by atoms with Crippen LogP contribution in [0.4, 0.5) is 0 Å².